The summed E-state index contributed by atoms with van der Waals surface area (Å²) in [6, 6.07) is 15.2. The Morgan fingerprint density at radius 2 is 1.83 bits per heavy atom. The molecule has 6 heteroatoms. The summed E-state index contributed by atoms with van der Waals surface area (Å²) in [4.78, 5) is 26.8. The molecule has 0 saturated carbocycles. The Hall–Kier alpha value is -2.86. The maximum Gasteiger partial charge on any atom is 0.308 e. The number of aliphatic carboxylic acids is 1. The van der Waals surface area contributed by atoms with Crippen LogP contribution < -0.4 is 4.74 Å². The molecule has 0 aliphatic carbocycles. The van der Waals surface area contributed by atoms with E-state index in [4.69, 9.17) is 9.47 Å². The van der Waals surface area contributed by atoms with Crippen LogP contribution in [0.15, 0.2) is 48.5 Å². The molecule has 1 unspecified atom stereocenters. The molecular weight excluding hydrogens is 370 g/mol. The normalized spacial score (nSPS) is 20.6. The molecule has 1 amide bonds. The highest BCUT2D eigenvalue weighted by Crippen LogP contribution is 2.44. The zero-order valence-electron chi connectivity index (χ0n) is 16.5. The van der Waals surface area contributed by atoms with E-state index in [0.717, 1.165) is 16.9 Å². The Morgan fingerprint density at radius 3 is 2.48 bits per heavy atom. The van der Waals surface area contributed by atoms with Gasteiger partial charge in [0.15, 0.2) is 0 Å². The molecule has 152 valence electrons. The highest BCUT2D eigenvalue weighted by Gasteiger charge is 2.52. The van der Waals surface area contributed by atoms with Crippen molar-refractivity contribution in [1.82, 2.24) is 4.90 Å². The molecule has 1 atom stereocenters. The van der Waals surface area contributed by atoms with E-state index < -0.39 is 11.9 Å². The van der Waals surface area contributed by atoms with Gasteiger partial charge in [0.1, 0.15) is 5.75 Å². The number of rotatable bonds is 4. The summed E-state index contributed by atoms with van der Waals surface area (Å²) in [5, 5.41) is 9.75. The van der Waals surface area contributed by atoms with Crippen LogP contribution >= 0.6 is 0 Å². The lowest BCUT2D eigenvalue weighted by molar-refractivity contribution is -0.146. The van der Waals surface area contributed by atoms with E-state index in [0.29, 0.717) is 38.2 Å². The maximum atomic E-state index is 13.2. The second-order valence-corrected chi connectivity index (χ2v) is 7.86. The summed E-state index contributed by atoms with van der Waals surface area (Å²) in [5.41, 5.74) is 2.12. The van der Waals surface area contributed by atoms with Gasteiger partial charge in [-0.1, -0.05) is 24.3 Å². The first kappa shape index (κ1) is 19.5. The van der Waals surface area contributed by atoms with Gasteiger partial charge in [0.05, 0.1) is 13.0 Å². The lowest BCUT2D eigenvalue weighted by atomic mass is 9.72. The molecule has 2 aromatic rings. The highest BCUT2D eigenvalue weighted by molar-refractivity contribution is 5.96. The molecule has 2 aliphatic rings. The zero-order valence-corrected chi connectivity index (χ0v) is 16.5. The van der Waals surface area contributed by atoms with E-state index in [-0.39, 0.29) is 17.9 Å². The molecule has 2 aromatic carbocycles. The molecule has 2 saturated heterocycles. The smallest absolute Gasteiger partial charge is 0.308 e. The topological polar surface area (TPSA) is 76.1 Å². The van der Waals surface area contributed by atoms with Crippen LogP contribution in [0.25, 0.3) is 11.1 Å². The number of hydrogen-bond acceptors (Lipinski definition) is 4. The third-order valence-corrected chi connectivity index (χ3v) is 6.25. The molecule has 1 spiro atoms. The van der Waals surface area contributed by atoms with Gasteiger partial charge in [-0.25, -0.2) is 0 Å². The van der Waals surface area contributed by atoms with Gasteiger partial charge in [-0.2, -0.15) is 0 Å². The third-order valence-electron chi connectivity index (χ3n) is 6.25. The van der Waals surface area contributed by atoms with Crippen molar-refractivity contribution in [2.75, 3.05) is 33.4 Å². The Kier molecular flexibility index (Phi) is 5.28. The van der Waals surface area contributed by atoms with Crippen LogP contribution in [-0.4, -0.2) is 55.3 Å². The molecule has 4 rings (SSSR count). The minimum absolute atomic E-state index is 0.116. The Labute approximate surface area is 170 Å². The summed E-state index contributed by atoms with van der Waals surface area (Å²) < 4.78 is 10.6. The molecule has 2 heterocycles. The van der Waals surface area contributed by atoms with E-state index in [1.807, 2.05) is 42.5 Å². The molecule has 1 N–H and O–H groups in total. The molecule has 0 radical (unpaired) electrons. The number of nitrogens with zero attached hydrogens (tertiary/aromatic N) is 1. The molecule has 2 fully saturated rings. The third kappa shape index (κ3) is 3.72. The van der Waals surface area contributed by atoms with Gasteiger partial charge >= 0.3 is 5.97 Å². The summed E-state index contributed by atoms with van der Waals surface area (Å²) >= 11 is 0. The number of benzene rings is 2. The van der Waals surface area contributed by atoms with Crippen molar-refractivity contribution in [3.8, 4) is 16.9 Å². The predicted molar refractivity (Wildman–Crippen MR) is 108 cm³/mol. The fraction of sp³-hybridized carbons (Fsp3) is 0.391. The van der Waals surface area contributed by atoms with Crippen LogP contribution in [0.3, 0.4) is 0 Å². The number of carboxylic acid groups (broad SMARTS) is 1. The Balaban J connectivity index is 1.57. The largest absolute Gasteiger partial charge is 0.497 e. The van der Waals surface area contributed by atoms with Gasteiger partial charge in [-0.15, -0.1) is 0 Å². The average Bonchev–Trinajstić information content (AvgIpc) is 3.12. The van der Waals surface area contributed by atoms with Crippen molar-refractivity contribution in [3.63, 3.8) is 0 Å². The van der Waals surface area contributed by atoms with Gasteiger partial charge in [0.25, 0.3) is 5.91 Å². The van der Waals surface area contributed by atoms with Gasteiger partial charge in [-0.05, 0) is 48.2 Å². The van der Waals surface area contributed by atoms with E-state index >= 15 is 0 Å². The number of carboxylic acids is 1. The average molecular weight is 395 g/mol. The lowest BCUT2D eigenvalue weighted by Crippen LogP contribution is -2.40. The first-order valence-electron chi connectivity index (χ1n) is 9.87. The van der Waals surface area contributed by atoms with E-state index in [1.165, 1.54) is 0 Å². The van der Waals surface area contributed by atoms with Crippen LogP contribution in [0.5, 0.6) is 5.75 Å². The van der Waals surface area contributed by atoms with E-state index in [2.05, 4.69) is 0 Å². The number of likely N-dealkylation sites (tertiary alicyclic amines) is 1. The number of hydrogen-bond donors (Lipinski definition) is 1. The molecular formula is C23H25NO5. The number of carbonyl (C=O) groups is 2. The Bertz CT molecular complexity index is 902. The lowest BCUT2D eigenvalue weighted by Gasteiger charge is -2.36. The summed E-state index contributed by atoms with van der Waals surface area (Å²) in [6.45, 7) is 1.83. The number of ether oxygens (including phenoxy) is 2. The maximum absolute atomic E-state index is 13.2. The van der Waals surface area contributed by atoms with Crippen LogP contribution in [0, 0.1) is 11.3 Å². The van der Waals surface area contributed by atoms with Crippen molar-refractivity contribution in [1.29, 1.82) is 0 Å². The number of methoxy groups -OCH3 is 1. The molecule has 2 aliphatic heterocycles. The van der Waals surface area contributed by atoms with Crippen LogP contribution in [-0.2, 0) is 9.53 Å². The number of carbonyl (C=O) groups excluding carboxylic acids is 1. The van der Waals surface area contributed by atoms with Crippen molar-refractivity contribution in [3.05, 3.63) is 54.1 Å². The first-order valence-corrected chi connectivity index (χ1v) is 9.87. The van der Waals surface area contributed by atoms with Gasteiger partial charge in [0, 0.05) is 37.3 Å². The quantitative estimate of drug-likeness (QED) is 0.860. The Morgan fingerprint density at radius 1 is 1.10 bits per heavy atom. The zero-order chi connectivity index (χ0) is 20.4. The predicted octanol–water partition coefficient (Wildman–Crippen LogP) is 3.32. The second-order valence-electron chi connectivity index (χ2n) is 7.86. The standard InChI is InChI=1S/C23H25NO5/c1-28-19-7-5-16(6-8-19)17-3-2-4-18(13-17)21(25)24-14-20(22(26)27)23(15-24)9-11-29-12-10-23/h2-8,13,20H,9-12,14-15H2,1H3,(H,26,27). The fourth-order valence-corrected chi connectivity index (χ4v) is 4.55. The van der Waals surface area contributed by atoms with Gasteiger partial charge in [0.2, 0.25) is 0 Å². The van der Waals surface area contributed by atoms with Crippen molar-refractivity contribution in [2.45, 2.75) is 12.8 Å². The van der Waals surface area contributed by atoms with Crippen molar-refractivity contribution >= 4 is 11.9 Å². The highest BCUT2D eigenvalue weighted by atomic mass is 16.5. The summed E-state index contributed by atoms with van der Waals surface area (Å²) in [6.07, 6.45) is 1.36. The summed E-state index contributed by atoms with van der Waals surface area (Å²) in [7, 11) is 1.62. The van der Waals surface area contributed by atoms with Crippen LogP contribution in [0.1, 0.15) is 23.2 Å². The SMILES string of the molecule is COc1ccc(-c2cccc(C(=O)N3CC(C(=O)O)C4(CCOCC4)C3)c2)cc1. The fourth-order valence-electron chi connectivity index (χ4n) is 4.55. The molecule has 29 heavy (non-hydrogen) atoms. The first-order chi connectivity index (χ1) is 14.0. The van der Waals surface area contributed by atoms with Gasteiger partial charge < -0.3 is 19.5 Å². The van der Waals surface area contributed by atoms with Crippen molar-refractivity contribution < 1.29 is 24.2 Å². The minimum atomic E-state index is -0.825. The second kappa shape index (κ2) is 7.87. The monoisotopic (exact) mass is 395 g/mol. The molecule has 0 bridgehead atoms. The van der Waals surface area contributed by atoms with Crippen LogP contribution in [0.4, 0.5) is 0 Å². The van der Waals surface area contributed by atoms with Crippen LogP contribution in [0.2, 0.25) is 0 Å². The minimum Gasteiger partial charge on any atom is -0.497 e. The summed E-state index contributed by atoms with van der Waals surface area (Å²) in [5.74, 6) is -0.705. The molecule has 0 aromatic heterocycles. The van der Waals surface area contributed by atoms with E-state index in [1.54, 1.807) is 18.1 Å². The number of amides is 1. The molecule has 6 nitrogen and oxygen atoms in total. The van der Waals surface area contributed by atoms with E-state index in [9.17, 15) is 14.7 Å². The van der Waals surface area contributed by atoms with Gasteiger partial charge in [-0.3, -0.25) is 9.59 Å². The van der Waals surface area contributed by atoms with Crippen molar-refractivity contribution in [2.24, 2.45) is 11.3 Å².